The highest BCUT2D eigenvalue weighted by Crippen LogP contribution is 2.30. The zero-order chi connectivity index (χ0) is 60.3. The topological polar surface area (TPSA) is 263 Å². The average molecular weight is 1030 g/mol. The summed E-state index contributed by atoms with van der Waals surface area (Å²) in [6.45, 7) is 6.00. The monoisotopic (exact) mass is 1030 g/mol. The normalized spacial score (nSPS) is 18.4. The van der Waals surface area contributed by atoms with Gasteiger partial charge in [0.1, 0.15) is 0 Å². The van der Waals surface area contributed by atoms with E-state index in [0.29, 0.717) is 48.8 Å². The van der Waals surface area contributed by atoms with Crippen molar-refractivity contribution in [3.05, 3.63) is 96.7 Å². The minimum atomic E-state index is -0.468. The van der Waals surface area contributed by atoms with E-state index in [2.05, 4.69) is 60.5 Å². The van der Waals surface area contributed by atoms with Gasteiger partial charge in [-0.2, -0.15) is 0 Å². The van der Waals surface area contributed by atoms with E-state index in [0.717, 1.165) is 25.7 Å². The Labute approximate surface area is 433 Å². The minimum Gasteiger partial charge on any atom is -0.469 e. The lowest BCUT2D eigenvalue weighted by Gasteiger charge is -2.24. The number of esters is 10. The molecule has 3 unspecified atom stereocenters. The van der Waals surface area contributed by atoms with Crippen molar-refractivity contribution in [1.82, 2.24) is 0 Å². The second-order valence-corrected chi connectivity index (χ2v) is 14.4. The molecular formula is C52H80O20. The summed E-state index contributed by atoms with van der Waals surface area (Å²) >= 11 is 0. The Morgan fingerprint density at radius 3 is 1.10 bits per heavy atom. The SMILES string of the molecule is C.C=C.COC(=O)/C=C/C=C/C(=O)OC.COC(=O)C1=CCC(C(=O)OC)CC1.COC(=O)C1C=CC(C(=O)OC)CC1.COC(=O)C1CCC(C(=O)OC)CC1.COC(=O)c1ccc(C(=O)OC)cc1.[2H]C[3H].[2H][3H].[2H][3H]. The summed E-state index contributed by atoms with van der Waals surface area (Å²) in [6.07, 6.45) is 16.4. The number of benzene rings is 1. The molecule has 20 nitrogen and oxygen atoms in total. The lowest BCUT2D eigenvalue weighted by molar-refractivity contribution is -0.151. The zero-order valence-corrected chi connectivity index (χ0v) is 42.4. The Morgan fingerprint density at radius 2 is 0.847 bits per heavy atom. The predicted molar refractivity (Wildman–Crippen MR) is 269 cm³/mol. The van der Waals surface area contributed by atoms with Crippen LogP contribution in [-0.4, -0.2) is 131 Å². The molecule has 408 valence electrons. The molecule has 0 radical (unpaired) electrons. The number of ether oxygens (including phenoxy) is 10. The quantitative estimate of drug-likeness (QED) is 0.0687. The van der Waals surface area contributed by atoms with Crippen LogP contribution in [0.2, 0.25) is 0 Å². The lowest BCUT2D eigenvalue weighted by Crippen LogP contribution is -2.27. The first-order valence-electron chi connectivity index (χ1n) is 25.0. The summed E-state index contributed by atoms with van der Waals surface area (Å²) in [4.78, 5) is 110. The second kappa shape index (κ2) is 42.5. The number of rotatable bonds is 11. The lowest BCUT2D eigenvalue weighted by atomic mass is 9.82. The fraction of sp³-hybridized carbons (Fsp3) is 0.500. The molecular weight excluding hydrogens is 945 g/mol. The van der Waals surface area contributed by atoms with E-state index < -0.39 is 23.9 Å². The van der Waals surface area contributed by atoms with Crippen molar-refractivity contribution < 1.29 is 104 Å². The maximum atomic E-state index is 11.2. The summed E-state index contributed by atoms with van der Waals surface area (Å²) in [5.74, 6) is -3.68. The Balaban J connectivity index is -0.000000199. The molecule has 0 spiro atoms. The molecule has 0 aliphatic heterocycles. The molecule has 4 rings (SSSR count). The van der Waals surface area contributed by atoms with Crippen LogP contribution in [0.4, 0.5) is 0 Å². The van der Waals surface area contributed by atoms with Gasteiger partial charge in [-0.05, 0) is 82.1 Å². The van der Waals surface area contributed by atoms with Gasteiger partial charge in [0.15, 0.2) is 0 Å². The van der Waals surface area contributed by atoms with Crippen molar-refractivity contribution >= 4 is 59.7 Å². The molecule has 1 aromatic rings. The fourth-order valence-electron chi connectivity index (χ4n) is 6.33. The Bertz CT molecular complexity index is 1890. The third kappa shape index (κ3) is 28.3. The van der Waals surface area contributed by atoms with Crippen molar-refractivity contribution in [1.29, 1.82) is 0 Å². The molecule has 0 aromatic heterocycles. The summed E-state index contributed by atoms with van der Waals surface area (Å²) in [6, 6.07) is 6.05. The molecule has 20 heteroatoms. The van der Waals surface area contributed by atoms with Crippen LogP contribution in [0.1, 0.15) is 102 Å². The molecule has 0 N–H and O–H groups in total. The average Bonchev–Trinajstić information content (AvgIpc) is 3.50. The highest BCUT2D eigenvalue weighted by atomic mass is 16.6. The highest BCUT2D eigenvalue weighted by Gasteiger charge is 2.31. The maximum Gasteiger partial charge on any atom is 0.337 e. The molecule has 0 saturated heterocycles. The van der Waals surface area contributed by atoms with E-state index in [4.69, 9.17) is 8.68 Å². The highest BCUT2D eigenvalue weighted by molar-refractivity contribution is 5.93. The van der Waals surface area contributed by atoms with Gasteiger partial charge in [-0.25, -0.2) is 24.0 Å². The summed E-state index contributed by atoms with van der Waals surface area (Å²) in [5, 5.41) is 0. The third-order valence-electron chi connectivity index (χ3n) is 10.3. The predicted octanol–water partition coefficient (Wildman–Crippen LogP) is 7.38. The minimum absolute atomic E-state index is 0. The molecule has 3 aliphatic rings. The molecule has 72 heavy (non-hydrogen) atoms. The molecule has 0 bridgehead atoms. The summed E-state index contributed by atoms with van der Waals surface area (Å²) in [7, 11) is 13.2. The van der Waals surface area contributed by atoms with Crippen LogP contribution in [-0.2, 0) is 85.7 Å². The van der Waals surface area contributed by atoms with Gasteiger partial charge in [0.2, 0.25) is 0 Å². The van der Waals surface area contributed by atoms with Gasteiger partial charge in [0.25, 0.3) is 0 Å². The number of hydrogen-bond acceptors (Lipinski definition) is 20. The van der Waals surface area contributed by atoms with Crippen LogP contribution < -0.4 is 0 Å². The van der Waals surface area contributed by atoms with Gasteiger partial charge >= 0.3 is 59.7 Å². The van der Waals surface area contributed by atoms with Crippen LogP contribution in [0.15, 0.2) is 85.5 Å². The van der Waals surface area contributed by atoms with Gasteiger partial charge < -0.3 is 47.4 Å². The summed E-state index contributed by atoms with van der Waals surface area (Å²) in [5.41, 5.74) is 1.47. The molecule has 1 saturated carbocycles. The van der Waals surface area contributed by atoms with E-state index in [1.165, 1.54) is 120 Å². The number of carbonyl (C=O) groups excluding carboxylic acids is 10. The fourth-order valence-corrected chi connectivity index (χ4v) is 6.33. The van der Waals surface area contributed by atoms with Crippen LogP contribution in [0.5, 0.6) is 0 Å². The maximum absolute atomic E-state index is 11.2. The molecule has 0 amide bonds. The van der Waals surface area contributed by atoms with Crippen molar-refractivity contribution in [3.63, 3.8) is 0 Å². The first kappa shape index (κ1) is 62.6. The first-order chi connectivity index (χ1) is 36.9. The molecule has 3 aliphatic carbocycles. The largest absolute Gasteiger partial charge is 0.469 e. The standard InChI is InChI=1S/C10H16O4.2C10H14O4.C10H10O4.C8H10O4.C2H4.2CH4.2H2/c4*1-13-9(11)7-3-5-8(6-4-7)10(12)14-2;1-11-7(9)5-3-4-6-8(10)12-2;1-2;;;;/h7-8H,3-6H2,1-2H3;3,8H,4-6H2,1-2H3;3,5,7-8H,4,6H2,1-2H3;3-6H,1-2H3;3-6H,1-2H3;1-2H2;2*1H4;2*1H/b;;;;5-3+,6-4+;;;;;/i;;;;;;1TD;;2*1+2D. The number of carbonyl (C=O) groups is 10. The third-order valence-corrected chi connectivity index (χ3v) is 10.3. The van der Waals surface area contributed by atoms with Gasteiger partial charge in [-0.1, -0.05) is 45.2 Å². The van der Waals surface area contributed by atoms with Crippen LogP contribution in [0.3, 0.4) is 0 Å². The Morgan fingerprint density at radius 1 is 0.528 bits per heavy atom. The van der Waals surface area contributed by atoms with Crippen LogP contribution >= 0.6 is 0 Å². The van der Waals surface area contributed by atoms with Gasteiger partial charge in [-0.3, -0.25) is 24.0 Å². The van der Waals surface area contributed by atoms with Gasteiger partial charge in [0.05, 0.1) is 112 Å². The first-order valence-corrected chi connectivity index (χ1v) is 21.6. The number of allylic oxidation sites excluding steroid dienone is 3. The van der Waals surface area contributed by atoms with Gasteiger partial charge in [0, 0.05) is 26.4 Å². The van der Waals surface area contributed by atoms with E-state index in [-0.39, 0.29) is 80.2 Å². The summed E-state index contributed by atoms with van der Waals surface area (Å²) < 4.78 is 77.1. The van der Waals surface area contributed by atoms with Crippen LogP contribution in [0.25, 0.3) is 0 Å². The smallest absolute Gasteiger partial charge is 0.337 e. The number of methoxy groups -OCH3 is 10. The Kier molecular flexibility index (Phi) is 37.0. The van der Waals surface area contributed by atoms with E-state index in [1.54, 1.807) is 18.2 Å². The van der Waals surface area contributed by atoms with Crippen molar-refractivity contribution in [2.24, 2.45) is 29.6 Å². The van der Waals surface area contributed by atoms with E-state index in [1.807, 2.05) is 0 Å². The molecule has 0 heterocycles. The van der Waals surface area contributed by atoms with Gasteiger partial charge in [-0.15, -0.1) is 13.2 Å². The van der Waals surface area contributed by atoms with Crippen molar-refractivity contribution in [3.8, 4) is 0 Å². The molecule has 1 aromatic carbocycles. The van der Waals surface area contributed by atoms with E-state index in [9.17, 15) is 47.9 Å². The van der Waals surface area contributed by atoms with Crippen molar-refractivity contribution in [2.75, 3.05) is 71.1 Å². The number of hydrogen-bond donors (Lipinski definition) is 0. The van der Waals surface area contributed by atoms with E-state index >= 15 is 0 Å². The van der Waals surface area contributed by atoms with Crippen molar-refractivity contribution in [2.45, 2.75) is 72.6 Å². The molecule has 1 fully saturated rings. The van der Waals surface area contributed by atoms with Crippen LogP contribution in [0, 0.1) is 29.6 Å². The second-order valence-electron chi connectivity index (χ2n) is 14.4. The zero-order valence-electron chi connectivity index (χ0n) is 48.4. The Hall–Kier alpha value is -7.38. The molecule has 3 atom stereocenters.